The fourth-order valence-electron chi connectivity index (χ4n) is 0.694. The van der Waals surface area contributed by atoms with Crippen molar-refractivity contribution in [2.24, 2.45) is 5.92 Å². The lowest BCUT2D eigenvalue weighted by molar-refractivity contribution is 0.308. The largest absolute Gasteiger partial charge is 0.497 e. The fourth-order valence-corrected chi connectivity index (χ4v) is 0.694. The summed E-state index contributed by atoms with van der Waals surface area (Å²) in [4.78, 5) is 0. The molecule has 1 heteroatoms. The number of allylic oxidation sites excluding steroid dienone is 3. The summed E-state index contributed by atoms with van der Waals surface area (Å²) in [5, 5.41) is 0. The lowest BCUT2D eigenvalue weighted by Crippen LogP contribution is -1.92. The summed E-state index contributed by atoms with van der Waals surface area (Å²) in [7, 11) is 1.61. The molecule has 0 fully saturated rings. The molecule has 0 heterocycles. The van der Waals surface area contributed by atoms with Crippen LogP contribution in [0.3, 0.4) is 0 Å². The zero-order valence-corrected chi connectivity index (χ0v) is 10.3. The molecule has 0 aliphatic heterocycles. The summed E-state index contributed by atoms with van der Waals surface area (Å²) in [6, 6.07) is 0. The zero-order chi connectivity index (χ0) is 11.6. The molecule has 0 saturated heterocycles. The number of methoxy groups -OCH3 is 1. The van der Waals surface area contributed by atoms with Crippen LogP contribution >= 0.6 is 0 Å². The minimum Gasteiger partial charge on any atom is -0.497 e. The van der Waals surface area contributed by atoms with E-state index in [4.69, 9.17) is 4.74 Å². The molecule has 0 aromatic rings. The Morgan fingerprint density at radius 3 is 2.14 bits per heavy atom. The molecule has 0 spiro atoms. The standard InChI is InChI=1S/C11H18O.C2H6/c1-6-9(2)10(3)7-8-11(4)12-5;1-2/h7-9H,3-4,6H2,1-2,5H3;1-2H3/b8-7-;. The van der Waals surface area contributed by atoms with E-state index in [0.29, 0.717) is 11.7 Å². The topological polar surface area (TPSA) is 9.23 Å². The molecular formula is C13H24O. The first-order valence-corrected chi connectivity index (χ1v) is 5.21. The second kappa shape index (κ2) is 10.1. The van der Waals surface area contributed by atoms with Crippen LogP contribution in [0.5, 0.6) is 0 Å². The highest BCUT2D eigenvalue weighted by molar-refractivity contribution is 5.22. The van der Waals surface area contributed by atoms with Crippen LogP contribution in [-0.4, -0.2) is 7.11 Å². The highest BCUT2D eigenvalue weighted by Crippen LogP contribution is 2.13. The minimum absolute atomic E-state index is 0.533. The van der Waals surface area contributed by atoms with Gasteiger partial charge in [0.15, 0.2) is 0 Å². The molecule has 0 amide bonds. The van der Waals surface area contributed by atoms with Gasteiger partial charge in [0.2, 0.25) is 0 Å². The highest BCUT2D eigenvalue weighted by atomic mass is 16.5. The second-order valence-corrected chi connectivity index (χ2v) is 2.89. The van der Waals surface area contributed by atoms with Crippen molar-refractivity contribution in [1.29, 1.82) is 0 Å². The van der Waals surface area contributed by atoms with Gasteiger partial charge in [0, 0.05) is 0 Å². The Bertz CT molecular complexity index is 189. The monoisotopic (exact) mass is 196 g/mol. The van der Waals surface area contributed by atoms with Crippen LogP contribution in [0.15, 0.2) is 36.6 Å². The summed E-state index contributed by atoms with van der Waals surface area (Å²) in [5.41, 5.74) is 1.12. The first kappa shape index (κ1) is 15.5. The van der Waals surface area contributed by atoms with Crippen molar-refractivity contribution in [3.05, 3.63) is 36.6 Å². The van der Waals surface area contributed by atoms with E-state index in [0.717, 1.165) is 12.0 Å². The van der Waals surface area contributed by atoms with Crippen molar-refractivity contribution in [3.63, 3.8) is 0 Å². The van der Waals surface area contributed by atoms with Crippen molar-refractivity contribution in [3.8, 4) is 0 Å². The molecule has 0 aliphatic rings. The first-order chi connectivity index (χ1) is 6.61. The minimum atomic E-state index is 0.533. The molecule has 82 valence electrons. The summed E-state index contributed by atoms with van der Waals surface area (Å²) in [5.74, 6) is 1.20. The fraction of sp³-hybridized carbons (Fsp3) is 0.538. The van der Waals surface area contributed by atoms with Crippen LogP contribution in [0.25, 0.3) is 0 Å². The third-order valence-corrected chi connectivity index (χ3v) is 1.99. The van der Waals surface area contributed by atoms with Gasteiger partial charge in [-0.3, -0.25) is 0 Å². The summed E-state index contributed by atoms with van der Waals surface area (Å²) in [6.45, 7) is 15.9. The van der Waals surface area contributed by atoms with E-state index in [1.165, 1.54) is 0 Å². The lowest BCUT2D eigenvalue weighted by atomic mass is 10.00. The number of ether oxygens (including phenoxy) is 1. The van der Waals surface area contributed by atoms with Crippen LogP contribution in [0.1, 0.15) is 34.1 Å². The molecular weight excluding hydrogens is 172 g/mol. The van der Waals surface area contributed by atoms with E-state index < -0.39 is 0 Å². The summed E-state index contributed by atoms with van der Waals surface area (Å²) >= 11 is 0. The molecule has 0 aromatic heterocycles. The van der Waals surface area contributed by atoms with E-state index in [1.54, 1.807) is 7.11 Å². The van der Waals surface area contributed by atoms with Crippen LogP contribution in [0.4, 0.5) is 0 Å². The van der Waals surface area contributed by atoms with Gasteiger partial charge < -0.3 is 4.74 Å². The van der Waals surface area contributed by atoms with Crippen molar-refractivity contribution < 1.29 is 4.74 Å². The number of rotatable bonds is 5. The van der Waals surface area contributed by atoms with E-state index in [2.05, 4.69) is 27.0 Å². The SMILES string of the molecule is C=C(/C=C\C(=C)C(C)CC)OC.CC. The van der Waals surface area contributed by atoms with Crippen LogP contribution in [0.2, 0.25) is 0 Å². The average molecular weight is 196 g/mol. The molecule has 0 bridgehead atoms. The van der Waals surface area contributed by atoms with Gasteiger partial charge in [0.25, 0.3) is 0 Å². The normalized spacial score (nSPS) is 11.5. The molecule has 14 heavy (non-hydrogen) atoms. The first-order valence-electron chi connectivity index (χ1n) is 5.21. The van der Waals surface area contributed by atoms with Gasteiger partial charge in [-0.25, -0.2) is 0 Å². The zero-order valence-electron chi connectivity index (χ0n) is 10.3. The van der Waals surface area contributed by atoms with Gasteiger partial charge in [0.05, 0.1) is 7.11 Å². The van der Waals surface area contributed by atoms with Crippen molar-refractivity contribution in [2.75, 3.05) is 7.11 Å². The van der Waals surface area contributed by atoms with E-state index >= 15 is 0 Å². The molecule has 1 nitrogen and oxygen atoms in total. The Labute approximate surface area is 89.2 Å². The predicted molar refractivity (Wildman–Crippen MR) is 65.2 cm³/mol. The molecule has 0 rings (SSSR count). The van der Waals surface area contributed by atoms with E-state index in [1.807, 2.05) is 26.0 Å². The van der Waals surface area contributed by atoms with Crippen molar-refractivity contribution in [2.45, 2.75) is 34.1 Å². The van der Waals surface area contributed by atoms with Gasteiger partial charge in [0.1, 0.15) is 5.76 Å². The molecule has 0 aliphatic carbocycles. The van der Waals surface area contributed by atoms with Gasteiger partial charge in [-0.2, -0.15) is 0 Å². The summed E-state index contributed by atoms with van der Waals surface area (Å²) < 4.78 is 4.89. The molecule has 1 unspecified atom stereocenters. The average Bonchev–Trinajstić information content (AvgIpc) is 2.26. The third-order valence-electron chi connectivity index (χ3n) is 1.99. The van der Waals surface area contributed by atoms with E-state index in [9.17, 15) is 0 Å². The maximum Gasteiger partial charge on any atom is 0.111 e. The molecule has 0 N–H and O–H groups in total. The van der Waals surface area contributed by atoms with Crippen molar-refractivity contribution >= 4 is 0 Å². The Balaban J connectivity index is 0. The maximum atomic E-state index is 4.89. The predicted octanol–water partition coefficient (Wildman–Crippen LogP) is 4.33. The number of hydrogen-bond acceptors (Lipinski definition) is 1. The van der Waals surface area contributed by atoms with Crippen molar-refractivity contribution in [1.82, 2.24) is 0 Å². The quantitative estimate of drug-likeness (QED) is 0.469. The van der Waals surface area contributed by atoms with Crippen LogP contribution in [-0.2, 0) is 4.74 Å². The summed E-state index contributed by atoms with van der Waals surface area (Å²) in [6.07, 6.45) is 4.91. The Morgan fingerprint density at radius 2 is 1.79 bits per heavy atom. The highest BCUT2D eigenvalue weighted by Gasteiger charge is 1.99. The Morgan fingerprint density at radius 1 is 1.29 bits per heavy atom. The smallest absolute Gasteiger partial charge is 0.111 e. The lowest BCUT2D eigenvalue weighted by Gasteiger charge is -2.07. The number of hydrogen-bond donors (Lipinski definition) is 0. The molecule has 1 atom stereocenters. The third kappa shape index (κ3) is 7.66. The van der Waals surface area contributed by atoms with Gasteiger partial charge in [-0.1, -0.05) is 52.5 Å². The second-order valence-electron chi connectivity index (χ2n) is 2.89. The van der Waals surface area contributed by atoms with Crippen LogP contribution < -0.4 is 0 Å². The maximum absolute atomic E-state index is 4.89. The Kier molecular flexibility index (Phi) is 11.2. The molecule has 0 radical (unpaired) electrons. The van der Waals surface area contributed by atoms with E-state index in [-0.39, 0.29) is 0 Å². The van der Waals surface area contributed by atoms with Gasteiger partial charge >= 0.3 is 0 Å². The van der Waals surface area contributed by atoms with Gasteiger partial charge in [-0.15, -0.1) is 0 Å². The van der Waals surface area contributed by atoms with Crippen LogP contribution in [0, 0.1) is 5.92 Å². The van der Waals surface area contributed by atoms with Gasteiger partial charge in [-0.05, 0) is 18.4 Å². The molecule has 0 aromatic carbocycles. The Hall–Kier alpha value is -0.980. The molecule has 0 saturated carbocycles.